The normalized spacial score (nSPS) is 17.0. The molecule has 4 nitrogen and oxygen atoms in total. The van der Waals surface area contributed by atoms with Gasteiger partial charge in [0.15, 0.2) is 5.78 Å². The Morgan fingerprint density at radius 2 is 1.90 bits per heavy atom. The number of carbonyl (C=O) groups excluding carboxylic acids is 1. The Kier molecular flexibility index (Phi) is 6.36. The third kappa shape index (κ3) is 4.92. The second-order valence-electron chi connectivity index (χ2n) is 5.68. The average Bonchev–Trinajstić information content (AvgIpc) is 2.52. The Balaban J connectivity index is 1.75. The van der Waals surface area contributed by atoms with Crippen molar-refractivity contribution in [1.29, 1.82) is 0 Å². The third-order valence-corrected chi connectivity index (χ3v) is 4.08. The van der Waals surface area contributed by atoms with Crippen LogP contribution in [0.3, 0.4) is 0 Å². The highest BCUT2D eigenvalue weighted by molar-refractivity contribution is 5.97. The number of aliphatic hydroxyl groups excluding tert-OH is 1. The van der Waals surface area contributed by atoms with E-state index in [-0.39, 0.29) is 18.3 Å². The van der Waals surface area contributed by atoms with Gasteiger partial charge in [-0.3, -0.25) is 4.79 Å². The van der Waals surface area contributed by atoms with Crippen LogP contribution < -0.4 is 0 Å². The van der Waals surface area contributed by atoms with Gasteiger partial charge in [0, 0.05) is 18.0 Å². The van der Waals surface area contributed by atoms with Gasteiger partial charge < -0.3 is 14.7 Å². The number of piperidine rings is 1. The number of hydrogen-bond donors (Lipinski definition) is 1. The van der Waals surface area contributed by atoms with Crippen LogP contribution in [0.4, 0.5) is 0 Å². The zero-order chi connectivity index (χ0) is 15.1. The number of hydrogen-bond acceptors (Lipinski definition) is 4. The average molecular weight is 291 g/mol. The molecule has 0 spiro atoms. The molecule has 0 aliphatic carbocycles. The van der Waals surface area contributed by atoms with Crippen LogP contribution in [-0.2, 0) is 4.74 Å². The monoisotopic (exact) mass is 291 g/mol. The highest BCUT2D eigenvalue weighted by atomic mass is 16.5. The number of nitrogens with zero attached hydrogens (tertiary/aromatic N) is 1. The molecule has 0 unspecified atom stereocenters. The summed E-state index contributed by atoms with van der Waals surface area (Å²) in [6.45, 7) is 5.94. The molecule has 1 aliphatic rings. The van der Waals surface area contributed by atoms with E-state index >= 15 is 0 Å². The number of aryl methyl sites for hydroxylation is 1. The largest absolute Gasteiger partial charge is 0.394 e. The van der Waals surface area contributed by atoms with Gasteiger partial charge in [-0.2, -0.15) is 0 Å². The quantitative estimate of drug-likeness (QED) is 0.616. The van der Waals surface area contributed by atoms with Crippen LogP contribution in [0.1, 0.15) is 28.8 Å². The van der Waals surface area contributed by atoms with Crippen molar-refractivity contribution in [3.05, 3.63) is 35.4 Å². The van der Waals surface area contributed by atoms with Crippen LogP contribution >= 0.6 is 0 Å². The van der Waals surface area contributed by atoms with E-state index in [1.54, 1.807) is 0 Å². The molecule has 0 aromatic heterocycles. The Labute approximate surface area is 126 Å². The van der Waals surface area contributed by atoms with Gasteiger partial charge in [0.25, 0.3) is 0 Å². The SMILES string of the molecule is Cc1ccc(C(=O)C2CCN(CCOCCO)CC2)cc1. The first-order valence-electron chi connectivity index (χ1n) is 7.72. The fraction of sp³-hybridized carbons (Fsp3) is 0.588. The predicted octanol–water partition coefficient (Wildman–Crippen LogP) is 1.90. The van der Waals surface area contributed by atoms with Crippen LogP contribution in [0.5, 0.6) is 0 Å². The minimum Gasteiger partial charge on any atom is -0.394 e. The second-order valence-corrected chi connectivity index (χ2v) is 5.68. The lowest BCUT2D eigenvalue weighted by molar-refractivity contribution is 0.0612. The lowest BCUT2D eigenvalue weighted by atomic mass is 9.88. The number of ether oxygens (including phenoxy) is 1. The van der Waals surface area contributed by atoms with Crippen molar-refractivity contribution < 1.29 is 14.6 Å². The molecule has 1 aromatic carbocycles. The van der Waals surface area contributed by atoms with E-state index in [1.165, 1.54) is 5.56 Å². The molecule has 1 heterocycles. The highest BCUT2D eigenvalue weighted by Gasteiger charge is 2.25. The molecule has 0 bridgehead atoms. The van der Waals surface area contributed by atoms with Gasteiger partial charge in [-0.1, -0.05) is 29.8 Å². The first-order chi connectivity index (χ1) is 10.2. The predicted molar refractivity (Wildman–Crippen MR) is 82.6 cm³/mol. The van der Waals surface area contributed by atoms with Gasteiger partial charge in [0.1, 0.15) is 0 Å². The minimum atomic E-state index is 0.0765. The molecule has 0 atom stereocenters. The molecule has 2 rings (SSSR count). The summed E-state index contributed by atoms with van der Waals surface area (Å²) in [4.78, 5) is 14.8. The number of likely N-dealkylation sites (tertiary alicyclic amines) is 1. The summed E-state index contributed by atoms with van der Waals surface area (Å²) in [5, 5.41) is 8.65. The van der Waals surface area contributed by atoms with Crippen molar-refractivity contribution in [3.63, 3.8) is 0 Å². The number of rotatable bonds is 7. The standard InChI is InChI=1S/C17H25NO3/c1-14-2-4-15(5-3-14)17(20)16-6-8-18(9-7-16)10-12-21-13-11-19/h2-5,16,19H,6-13H2,1H3. The zero-order valence-corrected chi connectivity index (χ0v) is 12.8. The summed E-state index contributed by atoms with van der Waals surface area (Å²) in [7, 11) is 0. The molecule has 4 heteroatoms. The van der Waals surface area contributed by atoms with Crippen molar-refractivity contribution in [1.82, 2.24) is 4.90 Å². The minimum absolute atomic E-state index is 0.0765. The van der Waals surface area contributed by atoms with Crippen molar-refractivity contribution in [2.75, 3.05) is 39.5 Å². The van der Waals surface area contributed by atoms with E-state index in [2.05, 4.69) is 4.90 Å². The van der Waals surface area contributed by atoms with Gasteiger partial charge in [-0.15, -0.1) is 0 Å². The maximum Gasteiger partial charge on any atom is 0.166 e. The molecular weight excluding hydrogens is 266 g/mol. The summed E-state index contributed by atoms with van der Waals surface area (Å²) in [6.07, 6.45) is 1.85. The van der Waals surface area contributed by atoms with Gasteiger partial charge in [0.05, 0.1) is 19.8 Å². The lowest BCUT2D eigenvalue weighted by Crippen LogP contribution is -2.38. The second kappa shape index (κ2) is 8.27. The smallest absolute Gasteiger partial charge is 0.166 e. The first-order valence-corrected chi connectivity index (χ1v) is 7.72. The van der Waals surface area contributed by atoms with Crippen LogP contribution in [0.15, 0.2) is 24.3 Å². The summed E-state index contributed by atoms with van der Waals surface area (Å²) in [6, 6.07) is 7.88. The number of carbonyl (C=O) groups is 1. The van der Waals surface area contributed by atoms with E-state index in [0.29, 0.717) is 13.2 Å². The van der Waals surface area contributed by atoms with E-state index in [1.807, 2.05) is 31.2 Å². The summed E-state index contributed by atoms with van der Waals surface area (Å²) >= 11 is 0. The van der Waals surface area contributed by atoms with Crippen LogP contribution in [-0.4, -0.2) is 55.2 Å². The van der Waals surface area contributed by atoms with Crippen molar-refractivity contribution in [2.45, 2.75) is 19.8 Å². The van der Waals surface area contributed by atoms with Crippen LogP contribution in [0.2, 0.25) is 0 Å². The van der Waals surface area contributed by atoms with Gasteiger partial charge in [-0.25, -0.2) is 0 Å². The summed E-state index contributed by atoms with van der Waals surface area (Å²) in [5.41, 5.74) is 2.02. The maximum absolute atomic E-state index is 12.4. The van der Waals surface area contributed by atoms with Crippen molar-refractivity contribution in [3.8, 4) is 0 Å². The number of Topliss-reactive ketones (excluding diaryl/α,β-unsaturated/α-hetero) is 1. The molecule has 1 fully saturated rings. The number of benzene rings is 1. The molecule has 21 heavy (non-hydrogen) atoms. The number of aliphatic hydroxyl groups is 1. The van der Waals surface area contributed by atoms with Crippen LogP contribution in [0.25, 0.3) is 0 Å². The Bertz CT molecular complexity index is 436. The molecule has 0 radical (unpaired) electrons. The Morgan fingerprint density at radius 3 is 2.52 bits per heavy atom. The van der Waals surface area contributed by atoms with E-state index in [9.17, 15) is 4.79 Å². The van der Waals surface area contributed by atoms with E-state index in [4.69, 9.17) is 9.84 Å². The van der Waals surface area contributed by atoms with Gasteiger partial charge in [0.2, 0.25) is 0 Å². The summed E-state index contributed by atoms with van der Waals surface area (Å²) < 4.78 is 5.28. The van der Waals surface area contributed by atoms with E-state index < -0.39 is 0 Å². The molecule has 116 valence electrons. The van der Waals surface area contributed by atoms with Crippen LogP contribution in [0, 0.1) is 12.8 Å². The fourth-order valence-electron chi connectivity index (χ4n) is 2.73. The highest BCUT2D eigenvalue weighted by Crippen LogP contribution is 2.21. The van der Waals surface area contributed by atoms with Crippen molar-refractivity contribution in [2.24, 2.45) is 5.92 Å². The number of ketones is 1. The van der Waals surface area contributed by atoms with E-state index in [0.717, 1.165) is 38.0 Å². The molecule has 1 aromatic rings. The molecular formula is C17H25NO3. The van der Waals surface area contributed by atoms with Gasteiger partial charge in [-0.05, 0) is 32.9 Å². The Hall–Kier alpha value is -1.23. The summed E-state index contributed by atoms with van der Waals surface area (Å²) in [5.74, 6) is 0.438. The Morgan fingerprint density at radius 1 is 1.24 bits per heavy atom. The van der Waals surface area contributed by atoms with Gasteiger partial charge >= 0.3 is 0 Å². The third-order valence-electron chi connectivity index (χ3n) is 4.08. The topological polar surface area (TPSA) is 49.8 Å². The lowest BCUT2D eigenvalue weighted by Gasteiger charge is -2.31. The molecule has 1 aliphatic heterocycles. The molecule has 0 saturated carbocycles. The maximum atomic E-state index is 12.4. The van der Waals surface area contributed by atoms with Crippen molar-refractivity contribution >= 4 is 5.78 Å². The molecule has 1 N–H and O–H groups in total. The molecule has 0 amide bonds. The first kappa shape index (κ1) is 16.1. The fourth-order valence-corrected chi connectivity index (χ4v) is 2.73. The molecule has 1 saturated heterocycles. The zero-order valence-electron chi connectivity index (χ0n) is 12.8.